The molecule has 6 nitrogen and oxygen atoms in total. The third kappa shape index (κ3) is 4.20. The second kappa shape index (κ2) is 7.84. The zero-order chi connectivity index (χ0) is 17.2. The molecule has 0 aliphatic heterocycles. The van der Waals surface area contributed by atoms with Gasteiger partial charge in [0.25, 0.3) is 0 Å². The fraction of sp³-hybridized carbons (Fsp3) is 0.294. The Balaban J connectivity index is 0.00000196. The van der Waals surface area contributed by atoms with Gasteiger partial charge in [-0.2, -0.15) is 0 Å². The molecule has 4 rings (SSSR count). The zero-order valence-electron chi connectivity index (χ0n) is 13.7. The number of nitrogens with one attached hydrogen (secondary N) is 1. The van der Waals surface area contributed by atoms with Crippen molar-refractivity contribution in [1.29, 1.82) is 0 Å². The monoisotopic (exact) mass is 378 g/mol. The summed E-state index contributed by atoms with van der Waals surface area (Å²) in [6.45, 7) is 1.14. The third-order valence-corrected chi connectivity index (χ3v) is 4.25. The molecule has 136 valence electrons. The molecule has 2 heterocycles. The van der Waals surface area contributed by atoms with Crippen molar-refractivity contribution in [2.45, 2.75) is 31.5 Å². The van der Waals surface area contributed by atoms with Crippen LogP contribution < -0.4 is 5.32 Å². The topological polar surface area (TPSA) is 68.5 Å². The molecule has 0 bridgehead atoms. The van der Waals surface area contributed by atoms with E-state index in [0.717, 1.165) is 23.2 Å². The second-order valence-electron chi connectivity index (χ2n) is 6.16. The largest absolute Gasteiger partial charge is 0.308 e. The Morgan fingerprint density at radius 2 is 1.96 bits per heavy atom. The predicted octanol–water partition coefficient (Wildman–Crippen LogP) is 2.46. The molecule has 2 atom stereocenters. The lowest BCUT2D eigenvalue weighted by Crippen LogP contribution is -2.17. The van der Waals surface area contributed by atoms with E-state index in [2.05, 4.69) is 25.6 Å². The minimum Gasteiger partial charge on any atom is -0.308 e. The van der Waals surface area contributed by atoms with E-state index >= 15 is 0 Å². The minimum atomic E-state index is -0.811. The van der Waals surface area contributed by atoms with E-state index in [0.29, 0.717) is 13.1 Å². The van der Waals surface area contributed by atoms with Gasteiger partial charge in [-0.05, 0) is 24.1 Å². The van der Waals surface area contributed by atoms with E-state index in [1.54, 1.807) is 23.1 Å². The number of halogens is 3. The van der Waals surface area contributed by atoms with E-state index in [1.807, 2.05) is 6.20 Å². The molecule has 0 saturated heterocycles. The molecule has 0 radical (unpaired) electrons. The maximum Gasteiger partial charge on any atom is 0.159 e. The number of benzene rings is 1. The van der Waals surface area contributed by atoms with Gasteiger partial charge in [-0.25, -0.2) is 23.4 Å². The summed E-state index contributed by atoms with van der Waals surface area (Å²) in [4.78, 5) is 7.94. The Bertz CT molecular complexity index is 873. The van der Waals surface area contributed by atoms with Crippen molar-refractivity contribution in [2.75, 3.05) is 0 Å². The Hall–Kier alpha value is -2.45. The molecule has 1 fully saturated rings. The molecular weight excluding hydrogens is 362 g/mol. The molecule has 0 unspecified atom stereocenters. The molecule has 2 aromatic heterocycles. The fourth-order valence-electron chi connectivity index (χ4n) is 2.86. The summed E-state index contributed by atoms with van der Waals surface area (Å²) in [7, 11) is 0. The number of rotatable bonds is 6. The number of hydrogen-bond acceptors (Lipinski definition) is 5. The first kappa shape index (κ1) is 18.3. The first-order chi connectivity index (χ1) is 12.2. The van der Waals surface area contributed by atoms with Crippen LogP contribution in [0.4, 0.5) is 8.78 Å². The van der Waals surface area contributed by atoms with Crippen LogP contribution >= 0.6 is 12.4 Å². The van der Waals surface area contributed by atoms with E-state index in [4.69, 9.17) is 0 Å². The van der Waals surface area contributed by atoms with Gasteiger partial charge in [-0.3, -0.25) is 0 Å². The first-order valence-electron chi connectivity index (χ1n) is 8.00. The van der Waals surface area contributed by atoms with Crippen molar-refractivity contribution in [1.82, 2.24) is 30.3 Å². The van der Waals surface area contributed by atoms with Crippen molar-refractivity contribution in [3.8, 4) is 0 Å². The predicted molar refractivity (Wildman–Crippen MR) is 92.7 cm³/mol. The second-order valence-corrected chi connectivity index (χ2v) is 6.16. The average molecular weight is 379 g/mol. The number of hydrogen-bond donors (Lipinski definition) is 1. The Kier molecular flexibility index (Phi) is 5.53. The molecule has 26 heavy (non-hydrogen) atoms. The van der Waals surface area contributed by atoms with Crippen LogP contribution in [0.25, 0.3) is 0 Å². The Morgan fingerprint density at radius 1 is 1.15 bits per heavy atom. The van der Waals surface area contributed by atoms with Crippen LogP contribution in [0.2, 0.25) is 0 Å². The maximum atomic E-state index is 13.3. The molecule has 3 aromatic rings. The van der Waals surface area contributed by atoms with Gasteiger partial charge in [0.1, 0.15) is 6.33 Å². The fourth-order valence-corrected chi connectivity index (χ4v) is 2.86. The van der Waals surface area contributed by atoms with Gasteiger partial charge < -0.3 is 5.32 Å². The minimum absolute atomic E-state index is 0. The van der Waals surface area contributed by atoms with E-state index < -0.39 is 11.6 Å². The van der Waals surface area contributed by atoms with Gasteiger partial charge in [-0.1, -0.05) is 11.3 Å². The highest BCUT2D eigenvalue weighted by Gasteiger charge is 2.38. The molecule has 1 saturated carbocycles. The molecule has 1 aliphatic rings. The van der Waals surface area contributed by atoms with Crippen molar-refractivity contribution < 1.29 is 8.78 Å². The van der Waals surface area contributed by atoms with Crippen LogP contribution in [0.15, 0.2) is 43.1 Å². The summed E-state index contributed by atoms with van der Waals surface area (Å²) in [6.07, 6.45) is 7.74. The lowest BCUT2D eigenvalue weighted by molar-refractivity contribution is 0.506. The van der Waals surface area contributed by atoms with Crippen LogP contribution in [0, 0.1) is 11.6 Å². The molecule has 0 amide bonds. The zero-order valence-corrected chi connectivity index (χ0v) is 14.5. The van der Waals surface area contributed by atoms with Crippen LogP contribution in [0.1, 0.15) is 29.2 Å². The van der Waals surface area contributed by atoms with Crippen molar-refractivity contribution in [3.05, 3.63) is 71.6 Å². The third-order valence-electron chi connectivity index (χ3n) is 4.25. The van der Waals surface area contributed by atoms with Gasteiger partial charge in [0.05, 0.1) is 18.4 Å². The SMILES string of the molecule is Cl.Fc1ccc([C@@H]2C[C@H]2NCc2cn(Cc3cncnc3)nn2)cc1F. The van der Waals surface area contributed by atoms with Gasteiger partial charge >= 0.3 is 0 Å². The lowest BCUT2D eigenvalue weighted by Gasteiger charge is -2.03. The van der Waals surface area contributed by atoms with E-state index in [1.165, 1.54) is 18.5 Å². The molecule has 9 heteroatoms. The molecular formula is C17H17ClF2N6. The van der Waals surface area contributed by atoms with Crippen LogP contribution in [0.5, 0.6) is 0 Å². The smallest absolute Gasteiger partial charge is 0.159 e. The summed E-state index contributed by atoms with van der Waals surface area (Å²) in [5.74, 6) is -1.39. The summed E-state index contributed by atoms with van der Waals surface area (Å²) < 4.78 is 28.0. The van der Waals surface area contributed by atoms with E-state index in [9.17, 15) is 8.78 Å². The molecule has 0 spiro atoms. The highest BCUT2D eigenvalue weighted by Crippen LogP contribution is 2.41. The van der Waals surface area contributed by atoms with Gasteiger partial charge in [0.2, 0.25) is 0 Å². The summed E-state index contributed by atoms with van der Waals surface area (Å²) >= 11 is 0. The molecule has 1 N–H and O–H groups in total. The molecule has 1 aliphatic carbocycles. The Labute approximate surface area is 155 Å². The van der Waals surface area contributed by atoms with Gasteiger partial charge in [-0.15, -0.1) is 17.5 Å². The average Bonchev–Trinajstić information content (AvgIpc) is 3.27. The van der Waals surface area contributed by atoms with Crippen molar-refractivity contribution in [3.63, 3.8) is 0 Å². The van der Waals surface area contributed by atoms with Crippen LogP contribution in [0.3, 0.4) is 0 Å². The van der Waals surface area contributed by atoms with Crippen molar-refractivity contribution >= 4 is 12.4 Å². The standard InChI is InChI=1S/C17H16F2N6.ClH/c18-15-2-1-12(3-16(15)19)14-4-17(14)22-7-13-9-25(24-23-13)8-11-5-20-10-21-6-11;/h1-3,5-6,9-10,14,17,22H,4,7-8H2;1H/t14-,17+;/m0./s1. The molecule has 1 aromatic carbocycles. The van der Waals surface area contributed by atoms with Crippen LogP contribution in [-0.4, -0.2) is 31.0 Å². The highest BCUT2D eigenvalue weighted by atomic mass is 35.5. The summed E-state index contributed by atoms with van der Waals surface area (Å²) in [6, 6.07) is 4.35. The summed E-state index contributed by atoms with van der Waals surface area (Å²) in [5, 5.41) is 11.6. The normalized spacial score (nSPS) is 18.4. The Morgan fingerprint density at radius 3 is 2.73 bits per heavy atom. The quantitative estimate of drug-likeness (QED) is 0.713. The van der Waals surface area contributed by atoms with Gasteiger partial charge in [0.15, 0.2) is 11.6 Å². The van der Waals surface area contributed by atoms with E-state index in [-0.39, 0.29) is 24.4 Å². The van der Waals surface area contributed by atoms with Crippen molar-refractivity contribution in [2.24, 2.45) is 0 Å². The van der Waals surface area contributed by atoms with Crippen LogP contribution in [-0.2, 0) is 13.1 Å². The van der Waals surface area contributed by atoms with Gasteiger partial charge in [0, 0.05) is 36.5 Å². The number of aromatic nitrogens is 5. The lowest BCUT2D eigenvalue weighted by atomic mass is 10.1. The first-order valence-corrected chi connectivity index (χ1v) is 8.00. The summed E-state index contributed by atoms with van der Waals surface area (Å²) in [5.41, 5.74) is 2.60. The highest BCUT2D eigenvalue weighted by molar-refractivity contribution is 5.85. The maximum absolute atomic E-state index is 13.3. The number of nitrogens with zero attached hydrogens (tertiary/aromatic N) is 5.